The van der Waals surface area contributed by atoms with Crippen molar-refractivity contribution in [1.82, 2.24) is 4.90 Å². The van der Waals surface area contributed by atoms with Crippen molar-refractivity contribution < 1.29 is 4.79 Å². The first-order valence-electron chi connectivity index (χ1n) is 5.67. The molecule has 0 spiro atoms. The minimum absolute atomic E-state index is 0.124. The first-order valence-corrected chi connectivity index (χ1v) is 5.67. The maximum atomic E-state index is 10.8. The van der Waals surface area contributed by atoms with Gasteiger partial charge < -0.3 is 0 Å². The summed E-state index contributed by atoms with van der Waals surface area (Å²) in [6, 6.07) is 11.4. The number of carbonyl (C=O) groups is 1. The number of ketones is 1. The maximum Gasteiger partial charge on any atom is 0.152 e. The van der Waals surface area contributed by atoms with Crippen molar-refractivity contribution in [3.8, 4) is 0 Å². The van der Waals surface area contributed by atoms with Crippen LogP contribution in [0.25, 0.3) is 0 Å². The van der Waals surface area contributed by atoms with Gasteiger partial charge in [0.2, 0.25) is 0 Å². The van der Waals surface area contributed by atoms with E-state index in [0.717, 1.165) is 6.54 Å². The normalized spacial score (nSPS) is 28.2. The van der Waals surface area contributed by atoms with Gasteiger partial charge in [-0.3, -0.25) is 9.69 Å². The lowest BCUT2D eigenvalue weighted by atomic mass is 10.2. The van der Waals surface area contributed by atoms with E-state index in [0.29, 0.717) is 12.1 Å². The van der Waals surface area contributed by atoms with E-state index in [1.165, 1.54) is 5.56 Å². The van der Waals surface area contributed by atoms with Gasteiger partial charge in [0.15, 0.2) is 5.78 Å². The summed E-state index contributed by atoms with van der Waals surface area (Å²) in [6.07, 6.45) is 3.68. The van der Waals surface area contributed by atoms with Crippen LogP contribution in [0.5, 0.6) is 0 Å². The summed E-state index contributed by atoms with van der Waals surface area (Å²) in [4.78, 5) is 13.2. The molecular formula is C14H17NO. The lowest BCUT2D eigenvalue weighted by Gasteiger charge is -2.01. The molecule has 3 atom stereocenters. The third-order valence-corrected chi connectivity index (χ3v) is 3.05. The first kappa shape index (κ1) is 11.1. The second-order valence-corrected chi connectivity index (χ2v) is 4.36. The molecule has 84 valence electrons. The zero-order valence-corrected chi connectivity index (χ0v) is 9.76. The third kappa shape index (κ3) is 2.58. The molecule has 1 unspecified atom stereocenters. The third-order valence-electron chi connectivity index (χ3n) is 3.05. The highest BCUT2D eigenvalue weighted by atomic mass is 16.1. The Kier molecular flexibility index (Phi) is 3.20. The van der Waals surface area contributed by atoms with E-state index in [9.17, 15) is 4.79 Å². The molecule has 0 amide bonds. The number of hydrogen-bond donors (Lipinski definition) is 0. The van der Waals surface area contributed by atoms with Crippen molar-refractivity contribution in [2.75, 3.05) is 0 Å². The van der Waals surface area contributed by atoms with Gasteiger partial charge in [-0.25, -0.2) is 0 Å². The predicted molar refractivity (Wildman–Crippen MR) is 65.1 cm³/mol. The molecule has 2 heteroatoms. The SMILES string of the molecule is CC(=O)/C=C/[C@H]1[C@H](C)N1Cc1ccccc1. The van der Waals surface area contributed by atoms with Crippen LogP contribution in [0.2, 0.25) is 0 Å². The van der Waals surface area contributed by atoms with Crippen molar-refractivity contribution in [1.29, 1.82) is 0 Å². The maximum absolute atomic E-state index is 10.8. The van der Waals surface area contributed by atoms with Crippen LogP contribution < -0.4 is 0 Å². The zero-order valence-electron chi connectivity index (χ0n) is 9.76. The molecule has 16 heavy (non-hydrogen) atoms. The lowest BCUT2D eigenvalue weighted by Crippen LogP contribution is -2.01. The molecule has 0 aliphatic carbocycles. The van der Waals surface area contributed by atoms with E-state index in [1.807, 2.05) is 12.1 Å². The number of allylic oxidation sites excluding steroid dienone is 1. The minimum Gasteiger partial charge on any atom is -0.295 e. The fourth-order valence-electron chi connectivity index (χ4n) is 1.98. The molecule has 0 saturated carbocycles. The van der Waals surface area contributed by atoms with Crippen molar-refractivity contribution in [2.24, 2.45) is 0 Å². The fourth-order valence-corrected chi connectivity index (χ4v) is 1.98. The van der Waals surface area contributed by atoms with Gasteiger partial charge >= 0.3 is 0 Å². The van der Waals surface area contributed by atoms with Crippen LogP contribution in [0.4, 0.5) is 0 Å². The van der Waals surface area contributed by atoms with E-state index >= 15 is 0 Å². The Hall–Kier alpha value is -1.41. The van der Waals surface area contributed by atoms with Gasteiger partial charge in [-0.15, -0.1) is 0 Å². The van der Waals surface area contributed by atoms with Crippen LogP contribution in [-0.4, -0.2) is 22.8 Å². The van der Waals surface area contributed by atoms with Gasteiger partial charge in [-0.1, -0.05) is 36.4 Å². The minimum atomic E-state index is 0.124. The molecule has 0 bridgehead atoms. The van der Waals surface area contributed by atoms with Crippen LogP contribution >= 0.6 is 0 Å². The Labute approximate surface area is 96.6 Å². The van der Waals surface area contributed by atoms with Gasteiger partial charge in [0.1, 0.15) is 0 Å². The second-order valence-electron chi connectivity index (χ2n) is 4.36. The number of nitrogens with zero attached hydrogens (tertiary/aromatic N) is 1. The highest BCUT2D eigenvalue weighted by molar-refractivity contribution is 5.87. The van der Waals surface area contributed by atoms with Crippen molar-refractivity contribution in [3.63, 3.8) is 0 Å². The summed E-state index contributed by atoms with van der Waals surface area (Å²) in [5.41, 5.74) is 1.33. The molecule has 1 saturated heterocycles. The van der Waals surface area contributed by atoms with Gasteiger partial charge in [0.05, 0.1) is 0 Å². The van der Waals surface area contributed by atoms with Crippen LogP contribution in [0.1, 0.15) is 19.4 Å². The summed E-state index contributed by atoms with van der Waals surface area (Å²) in [5.74, 6) is 0.124. The summed E-state index contributed by atoms with van der Waals surface area (Å²) >= 11 is 0. The van der Waals surface area contributed by atoms with Gasteiger partial charge in [0.25, 0.3) is 0 Å². The number of rotatable bonds is 4. The van der Waals surface area contributed by atoms with Crippen LogP contribution in [0.15, 0.2) is 42.5 Å². The predicted octanol–water partition coefficient (Wildman–Crippen LogP) is 2.40. The van der Waals surface area contributed by atoms with Crippen LogP contribution in [-0.2, 0) is 11.3 Å². The molecule has 1 aromatic rings. The molecule has 1 heterocycles. The summed E-state index contributed by atoms with van der Waals surface area (Å²) < 4.78 is 0. The quantitative estimate of drug-likeness (QED) is 0.568. The molecule has 2 rings (SSSR count). The van der Waals surface area contributed by atoms with E-state index in [4.69, 9.17) is 0 Å². The smallest absolute Gasteiger partial charge is 0.152 e. The molecule has 1 aliphatic heterocycles. The molecule has 1 aliphatic rings. The number of hydrogen-bond acceptors (Lipinski definition) is 2. The number of benzene rings is 1. The highest BCUT2D eigenvalue weighted by Gasteiger charge is 2.41. The van der Waals surface area contributed by atoms with Crippen molar-refractivity contribution in [2.45, 2.75) is 32.5 Å². The molecule has 0 aromatic heterocycles. The van der Waals surface area contributed by atoms with E-state index in [2.05, 4.69) is 36.1 Å². The summed E-state index contributed by atoms with van der Waals surface area (Å²) in [5, 5.41) is 0. The molecule has 0 N–H and O–H groups in total. The first-order chi connectivity index (χ1) is 7.68. The molecule has 0 radical (unpaired) electrons. The van der Waals surface area contributed by atoms with Crippen molar-refractivity contribution >= 4 is 5.78 Å². The molecular weight excluding hydrogens is 198 g/mol. The Morgan fingerprint density at radius 2 is 2.06 bits per heavy atom. The number of carbonyl (C=O) groups excluding carboxylic acids is 1. The Balaban J connectivity index is 1.92. The van der Waals surface area contributed by atoms with Gasteiger partial charge in [0, 0.05) is 18.6 Å². The zero-order chi connectivity index (χ0) is 11.5. The molecule has 1 aromatic carbocycles. The second kappa shape index (κ2) is 4.62. The van der Waals surface area contributed by atoms with Crippen LogP contribution in [0, 0.1) is 0 Å². The van der Waals surface area contributed by atoms with E-state index in [1.54, 1.807) is 13.0 Å². The largest absolute Gasteiger partial charge is 0.295 e. The lowest BCUT2D eigenvalue weighted by molar-refractivity contribution is -0.112. The average Bonchev–Trinajstić information content (AvgIpc) is 2.87. The summed E-state index contributed by atoms with van der Waals surface area (Å²) in [7, 11) is 0. The fraction of sp³-hybridized carbons (Fsp3) is 0.357. The Morgan fingerprint density at radius 1 is 1.38 bits per heavy atom. The summed E-state index contributed by atoms with van der Waals surface area (Å²) in [6.45, 7) is 4.75. The molecule has 1 fully saturated rings. The average molecular weight is 215 g/mol. The molecule has 2 nitrogen and oxygen atoms in total. The van der Waals surface area contributed by atoms with E-state index in [-0.39, 0.29) is 5.78 Å². The van der Waals surface area contributed by atoms with Crippen molar-refractivity contribution in [3.05, 3.63) is 48.0 Å². The topological polar surface area (TPSA) is 20.1 Å². The standard InChI is InChI=1S/C14H17NO/c1-11(16)8-9-14-12(2)15(14)10-13-6-4-3-5-7-13/h3-9,12,14H,10H2,1-2H3/b9-8+/t12-,14-,15?/m0/s1. The monoisotopic (exact) mass is 215 g/mol. The van der Waals surface area contributed by atoms with Crippen LogP contribution in [0.3, 0.4) is 0 Å². The van der Waals surface area contributed by atoms with E-state index < -0.39 is 0 Å². The Morgan fingerprint density at radius 3 is 2.69 bits per heavy atom. The van der Waals surface area contributed by atoms with Gasteiger partial charge in [-0.05, 0) is 25.5 Å². The highest BCUT2D eigenvalue weighted by Crippen LogP contribution is 2.30. The Bertz CT molecular complexity index is 396. The van der Waals surface area contributed by atoms with Gasteiger partial charge in [-0.2, -0.15) is 0 Å².